The first kappa shape index (κ1) is 24.6. The molecule has 1 heterocycles. The van der Waals surface area contributed by atoms with Gasteiger partial charge in [0, 0.05) is 0 Å². The molecule has 31 heavy (non-hydrogen) atoms. The normalized spacial score (nSPS) is 17.7. The molecule has 9 heteroatoms. The van der Waals surface area contributed by atoms with Gasteiger partial charge in [0.05, 0.1) is 38.0 Å². The van der Waals surface area contributed by atoms with E-state index in [1.54, 1.807) is 26.0 Å². The molecule has 0 aliphatic carbocycles. The van der Waals surface area contributed by atoms with Gasteiger partial charge in [-0.15, -0.1) is 0 Å². The number of hydrogen-bond donors (Lipinski definition) is 1. The second-order valence-corrected chi connectivity index (χ2v) is 7.61. The maximum absolute atomic E-state index is 12.5. The predicted molar refractivity (Wildman–Crippen MR) is 111 cm³/mol. The number of benzene rings is 1. The summed E-state index contributed by atoms with van der Waals surface area (Å²) in [5.74, 6) is -1.19. The van der Waals surface area contributed by atoms with Gasteiger partial charge < -0.3 is 28.9 Å². The molecule has 0 amide bonds. The highest BCUT2D eigenvalue weighted by molar-refractivity contribution is 5.97. The molecule has 1 aromatic rings. The van der Waals surface area contributed by atoms with E-state index in [2.05, 4.69) is 0 Å². The van der Waals surface area contributed by atoms with Crippen molar-refractivity contribution in [2.75, 3.05) is 13.2 Å². The standard InChI is InChI=1S/C22H31NO8/c1-14(2)23(19-12-20(25)29-22(16(5)24)30-21(19)26)31-18-8-6-17(7-9-18)13-27-10-11-28-15(3)4/h6-9,12,14-16,22,24H,10-11,13H2,1-5H3. The van der Waals surface area contributed by atoms with Crippen LogP contribution in [-0.2, 0) is 35.1 Å². The number of aliphatic hydroxyl groups excluding tert-OH is 1. The van der Waals surface area contributed by atoms with Gasteiger partial charge >= 0.3 is 11.9 Å². The summed E-state index contributed by atoms with van der Waals surface area (Å²) in [5, 5.41) is 10.9. The van der Waals surface area contributed by atoms with Crippen molar-refractivity contribution in [3.05, 3.63) is 41.6 Å². The Morgan fingerprint density at radius 3 is 2.29 bits per heavy atom. The molecule has 9 nitrogen and oxygen atoms in total. The zero-order valence-corrected chi connectivity index (χ0v) is 18.6. The molecule has 2 unspecified atom stereocenters. The van der Waals surface area contributed by atoms with E-state index in [1.807, 2.05) is 26.0 Å². The predicted octanol–water partition coefficient (Wildman–Crippen LogP) is 2.32. The minimum atomic E-state index is -1.38. The summed E-state index contributed by atoms with van der Waals surface area (Å²) in [4.78, 5) is 30.4. The molecule has 172 valence electrons. The monoisotopic (exact) mass is 437 g/mol. The Morgan fingerprint density at radius 2 is 1.71 bits per heavy atom. The van der Waals surface area contributed by atoms with Crippen molar-refractivity contribution in [3.8, 4) is 5.75 Å². The Balaban J connectivity index is 2.01. The Labute approximate surface area is 182 Å². The highest BCUT2D eigenvalue weighted by atomic mass is 16.7. The van der Waals surface area contributed by atoms with Crippen molar-refractivity contribution in [2.24, 2.45) is 0 Å². The maximum Gasteiger partial charge on any atom is 0.361 e. The zero-order valence-electron chi connectivity index (χ0n) is 18.6. The molecular formula is C22H31NO8. The molecule has 0 aromatic heterocycles. The lowest BCUT2D eigenvalue weighted by molar-refractivity contribution is -0.198. The first-order chi connectivity index (χ1) is 14.7. The zero-order chi connectivity index (χ0) is 23.0. The van der Waals surface area contributed by atoms with Crippen molar-refractivity contribution in [2.45, 2.75) is 65.8 Å². The molecule has 2 rings (SSSR count). The molecule has 0 saturated carbocycles. The SMILES string of the molecule is CC(C)OCCOCc1ccc(ON(C2=CC(=O)OC(C(C)O)OC2=O)C(C)C)cc1. The molecular weight excluding hydrogens is 406 g/mol. The van der Waals surface area contributed by atoms with Crippen molar-refractivity contribution < 1.29 is 38.5 Å². The summed E-state index contributed by atoms with van der Waals surface area (Å²) < 4.78 is 21.0. The quantitative estimate of drug-likeness (QED) is 0.317. The summed E-state index contributed by atoms with van der Waals surface area (Å²) in [7, 11) is 0. The number of hydrogen-bond acceptors (Lipinski definition) is 9. The molecule has 1 aromatic carbocycles. The van der Waals surface area contributed by atoms with Crippen LogP contribution in [0.1, 0.15) is 40.2 Å². The smallest absolute Gasteiger partial charge is 0.361 e. The molecule has 0 radical (unpaired) electrons. The first-order valence-corrected chi connectivity index (χ1v) is 10.2. The first-order valence-electron chi connectivity index (χ1n) is 10.2. The van der Waals surface area contributed by atoms with Crippen LogP contribution < -0.4 is 4.84 Å². The number of hydroxylamine groups is 2. The van der Waals surface area contributed by atoms with E-state index in [1.165, 1.54) is 12.0 Å². The summed E-state index contributed by atoms with van der Waals surface area (Å²) in [6.07, 6.45) is -1.38. The van der Waals surface area contributed by atoms with Crippen LogP contribution in [0.25, 0.3) is 0 Å². The number of aliphatic hydroxyl groups is 1. The average molecular weight is 437 g/mol. The molecule has 1 aliphatic heterocycles. The van der Waals surface area contributed by atoms with Crippen LogP contribution in [0.15, 0.2) is 36.0 Å². The van der Waals surface area contributed by atoms with Crippen molar-refractivity contribution in [1.82, 2.24) is 5.06 Å². The van der Waals surface area contributed by atoms with Gasteiger partial charge in [0.2, 0.25) is 0 Å². The van der Waals surface area contributed by atoms with Gasteiger partial charge in [-0.25, -0.2) is 9.59 Å². The van der Waals surface area contributed by atoms with Gasteiger partial charge in [-0.05, 0) is 52.3 Å². The Kier molecular flexibility index (Phi) is 9.29. The number of cyclic esters (lactones) is 2. The third-order valence-electron chi connectivity index (χ3n) is 4.09. The molecule has 0 bridgehead atoms. The lowest BCUT2D eigenvalue weighted by Gasteiger charge is -2.28. The van der Waals surface area contributed by atoms with Gasteiger partial charge in [-0.1, -0.05) is 12.1 Å². The summed E-state index contributed by atoms with van der Waals surface area (Å²) in [6.45, 7) is 10.3. The van der Waals surface area contributed by atoms with Crippen LogP contribution >= 0.6 is 0 Å². The highest BCUT2D eigenvalue weighted by Gasteiger charge is 2.34. The van der Waals surface area contributed by atoms with Gasteiger partial charge in [-0.2, -0.15) is 5.06 Å². The van der Waals surface area contributed by atoms with Gasteiger partial charge in [0.25, 0.3) is 6.29 Å². The van der Waals surface area contributed by atoms with E-state index in [4.69, 9.17) is 23.8 Å². The van der Waals surface area contributed by atoms with Gasteiger partial charge in [0.15, 0.2) is 11.4 Å². The molecule has 1 aliphatic rings. The van der Waals surface area contributed by atoms with Crippen LogP contribution in [-0.4, -0.2) is 59.9 Å². The van der Waals surface area contributed by atoms with E-state index >= 15 is 0 Å². The van der Waals surface area contributed by atoms with Crippen LogP contribution in [0.2, 0.25) is 0 Å². The van der Waals surface area contributed by atoms with E-state index in [9.17, 15) is 14.7 Å². The second kappa shape index (κ2) is 11.7. The van der Waals surface area contributed by atoms with Gasteiger partial charge in [-0.3, -0.25) is 0 Å². The number of nitrogens with zero attached hydrogens (tertiary/aromatic N) is 1. The minimum absolute atomic E-state index is 0.124. The average Bonchev–Trinajstić information content (AvgIpc) is 2.84. The van der Waals surface area contributed by atoms with Crippen LogP contribution in [0.4, 0.5) is 0 Å². The van der Waals surface area contributed by atoms with Crippen molar-refractivity contribution in [3.63, 3.8) is 0 Å². The van der Waals surface area contributed by atoms with Gasteiger partial charge in [0.1, 0.15) is 6.10 Å². The van der Waals surface area contributed by atoms with Crippen molar-refractivity contribution in [1.29, 1.82) is 0 Å². The van der Waals surface area contributed by atoms with E-state index in [0.29, 0.717) is 25.6 Å². The number of carbonyl (C=O) groups is 2. The Morgan fingerprint density at radius 1 is 1.03 bits per heavy atom. The number of carbonyl (C=O) groups excluding carboxylic acids is 2. The second-order valence-electron chi connectivity index (χ2n) is 7.61. The van der Waals surface area contributed by atoms with E-state index in [-0.39, 0.29) is 17.8 Å². The van der Waals surface area contributed by atoms with E-state index in [0.717, 1.165) is 11.6 Å². The van der Waals surface area contributed by atoms with E-state index < -0.39 is 24.3 Å². The lowest BCUT2D eigenvalue weighted by atomic mass is 10.2. The number of ether oxygens (including phenoxy) is 4. The Bertz CT molecular complexity index is 757. The summed E-state index contributed by atoms with van der Waals surface area (Å²) in [6, 6.07) is 6.85. The topological polar surface area (TPSA) is 104 Å². The fourth-order valence-corrected chi connectivity index (χ4v) is 2.59. The third-order valence-corrected chi connectivity index (χ3v) is 4.09. The third kappa shape index (κ3) is 7.86. The Hall–Kier alpha value is -2.62. The molecule has 2 atom stereocenters. The highest BCUT2D eigenvalue weighted by Crippen LogP contribution is 2.22. The molecule has 0 fully saturated rings. The molecule has 0 spiro atoms. The van der Waals surface area contributed by atoms with Crippen LogP contribution in [0.3, 0.4) is 0 Å². The molecule has 0 saturated heterocycles. The largest absolute Gasteiger partial charge is 0.419 e. The lowest BCUT2D eigenvalue weighted by Crippen LogP contribution is -2.38. The maximum atomic E-state index is 12.5. The fourth-order valence-electron chi connectivity index (χ4n) is 2.59. The number of rotatable bonds is 11. The van der Waals surface area contributed by atoms with Crippen LogP contribution in [0.5, 0.6) is 5.75 Å². The summed E-state index contributed by atoms with van der Waals surface area (Å²) in [5.41, 5.74) is 0.824. The summed E-state index contributed by atoms with van der Waals surface area (Å²) >= 11 is 0. The molecule has 1 N–H and O–H groups in total. The minimum Gasteiger partial charge on any atom is -0.419 e. The fraction of sp³-hybridized carbons (Fsp3) is 0.545. The van der Waals surface area contributed by atoms with Crippen molar-refractivity contribution >= 4 is 11.9 Å². The van der Waals surface area contributed by atoms with Crippen LogP contribution in [0, 0.1) is 0 Å². The number of esters is 2.